The van der Waals surface area contributed by atoms with Crippen LogP contribution >= 0.6 is 0 Å². The van der Waals surface area contributed by atoms with E-state index in [1.165, 1.54) is 6.20 Å². The Hall–Kier alpha value is -1.35. The second-order valence-corrected chi connectivity index (χ2v) is 3.70. The van der Waals surface area contributed by atoms with Crippen LogP contribution in [-0.4, -0.2) is 67.0 Å². The van der Waals surface area contributed by atoms with Crippen LogP contribution in [0.2, 0.25) is 0 Å². The van der Waals surface area contributed by atoms with Gasteiger partial charge in [-0.15, -0.1) is 0 Å². The normalized spacial score (nSPS) is 18.4. The average molecular weight is 245 g/mol. The van der Waals surface area contributed by atoms with Gasteiger partial charge in [-0.25, -0.2) is 0 Å². The van der Waals surface area contributed by atoms with Crippen molar-refractivity contribution in [2.24, 2.45) is 5.92 Å². The number of aldehydes is 1. The number of carbonyl (C=O) groups excluding carboxylic acids is 1. The molecule has 0 fully saturated rings. The molecular weight excluding hydrogens is 230 g/mol. The lowest BCUT2D eigenvalue weighted by molar-refractivity contribution is -0.124. The number of aliphatic hydroxyl groups excluding tert-OH is 4. The predicted octanol–water partition coefficient (Wildman–Crippen LogP) is -2.76. The summed E-state index contributed by atoms with van der Waals surface area (Å²) in [6, 6.07) is 0. The molecule has 8 nitrogen and oxygen atoms in total. The van der Waals surface area contributed by atoms with E-state index >= 15 is 0 Å². The van der Waals surface area contributed by atoms with E-state index < -0.39 is 30.8 Å². The maximum absolute atomic E-state index is 10.5. The van der Waals surface area contributed by atoms with Gasteiger partial charge in [-0.2, -0.15) is 15.4 Å². The van der Waals surface area contributed by atoms with Gasteiger partial charge in [-0.1, -0.05) is 0 Å². The number of carbonyl (C=O) groups is 1. The first kappa shape index (κ1) is 13.7. The minimum atomic E-state index is -1.46. The first-order chi connectivity index (χ1) is 8.10. The van der Waals surface area contributed by atoms with E-state index in [-0.39, 0.29) is 12.7 Å². The fraction of sp³-hybridized carbons (Fsp3) is 0.667. The highest BCUT2D eigenvalue weighted by Crippen LogP contribution is 2.17. The van der Waals surface area contributed by atoms with Gasteiger partial charge in [0.05, 0.1) is 24.6 Å². The fourth-order valence-corrected chi connectivity index (χ4v) is 1.50. The molecule has 1 aromatic rings. The summed E-state index contributed by atoms with van der Waals surface area (Å²) in [5.41, 5.74) is 0.431. The minimum absolute atomic E-state index is 0.0502. The molecule has 0 spiro atoms. The van der Waals surface area contributed by atoms with Crippen LogP contribution in [0.15, 0.2) is 6.20 Å². The number of aromatic amines is 1. The highest BCUT2D eigenvalue weighted by Gasteiger charge is 2.32. The van der Waals surface area contributed by atoms with Gasteiger partial charge in [0.25, 0.3) is 0 Å². The molecule has 1 aromatic heterocycles. The van der Waals surface area contributed by atoms with Crippen molar-refractivity contribution in [3.8, 4) is 0 Å². The van der Waals surface area contributed by atoms with Crippen molar-refractivity contribution in [1.82, 2.24) is 15.4 Å². The summed E-state index contributed by atoms with van der Waals surface area (Å²) < 4.78 is 0. The number of aliphatic hydroxyl groups is 4. The third-order valence-electron chi connectivity index (χ3n) is 2.51. The van der Waals surface area contributed by atoms with Crippen LogP contribution in [0.25, 0.3) is 0 Å². The molecule has 0 saturated carbocycles. The van der Waals surface area contributed by atoms with Crippen LogP contribution in [-0.2, 0) is 11.2 Å². The molecule has 0 aliphatic rings. The molecule has 4 atom stereocenters. The maximum atomic E-state index is 10.5. The summed E-state index contributed by atoms with van der Waals surface area (Å²) in [4.78, 5) is 10.5. The molecule has 0 radical (unpaired) electrons. The van der Waals surface area contributed by atoms with E-state index in [0.29, 0.717) is 5.69 Å². The van der Waals surface area contributed by atoms with Crippen molar-refractivity contribution in [1.29, 1.82) is 0 Å². The Balaban J connectivity index is 2.76. The number of rotatable bonds is 7. The van der Waals surface area contributed by atoms with Crippen LogP contribution in [0.3, 0.4) is 0 Å². The standard InChI is InChI=1S/C9H15N3O5/c13-3-7(15)6(9(17)8(16)4-14)1-5-2-10-12-11-5/h2-3,6-9,14-17H,1,4H2,(H,10,11,12)/t6-,7-,8+,9-/m0/s1. The summed E-state index contributed by atoms with van der Waals surface area (Å²) in [6.07, 6.45) is -2.63. The zero-order valence-electron chi connectivity index (χ0n) is 8.97. The molecule has 0 aliphatic carbocycles. The van der Waals surface area contributed by atoms with Gasteiger partial charge >= 0.3 is 0 Å². The third-order valence-corrected chi connectivity index (χ3v) is 2.51. The Bertz CT molecular complexity index is 331. The molecule has 0 aliphatic heterocycles. The Kier molecular flexibility index (Phi) is 5.16. The predicted molar refractivity (Wildman–Crippen MR) is 54.7 cm³/mol. The number of H-pyrrole nitrogens is 1. The first-order valence-electron chi connectivity index (χ1n) is 5.05. The summed E-state index contributed by atoms with van der Waals surface area (Å²) in [7, 11) is 0. The van der Waals surface area contributed by atoms with Gasteiger partial charge in [0.2, 0.25) is 0 Å². The monoisotopic (exact) mass is 245 g/mol. The molecule has 17 heavy (non-hydrogen) atoms. The summed E-state index contributed by atoms with van der Waals surface area (Å²) in [5.74, 6) is -0.959. The van der Waals surface area contributed by atoms with Gasteiger partial charge < -0.3 is 25.2 Å². The highest BCUT2D eigenvalue weighted by atomic mass is 16.4. The van der Waals surface area contributed by atoms with Crippen molar-refractivity contribution in [2.75, 3.05) is 6.61 Å². The topological polar surface area (TPSA) is 140 Å². The largest absolute Gasteiger partial charge is 0.394 e. The number of nitrogens with one attached hydrogen (secondary N) is 1. The number of hydrogen-bond donors (Lipinski definition) is 5. The van der Waals surface area contributed by atoms with Gasteiger partial charge in [0.1, 0.15) is 18.5 Å². The van der Waals surface area contributed by atoms with Crippen LogP contribution in [0.5, 0.6) is 0 Å². The van der Waals surface area contributed by atoms with Crippen LogP contribution in [0.1, 0.15) is 5.69 Å². The van der Waals surface area contributed by atoms with Crippen LogP contribution in [0.4, 0.5) is 0 Å². The van der Waals surface area contributed by atoms with Gasteiger partial charge in [-0.3, -0.25) is 0 Å². The number of aromatic nitrogens is 3. The summed E-state index contributed by atoms with van der Waals surface area (Å²) >= 11 is 0. The van der Waals surface area contributed by atoms with E-state index in [9.17, 15) is 20.1 Å². The zero-order valence-corrected chi connectivity index (χ0v) is 8.97. The van der Waals surface area contributed by atoms with E-state index in [0.717, 1.165) is 0 Å². The molecule has 0 saturated heterocycles. The summed E-state index contributed by atoms with van der Waals surface area (Å²) in [5, 5.41) is 46.8. The highest BCUT2D eigenvalue weighted by molar-refractivity contribution is 5.56. The van der Waals surface area contributed by atoms with Crippen LogP contribution in [0, 0.1) is 5.92 Å². The lowest BCUT2D eigenvalue weighted by Gasteiger charge is -2.26. The molecule has 0 aromatic carbocycles. The Morgan fingerprint density at radius 3 is 2.59 bits per heavy atom. The van der Waals surface area contributed by atoms with Crippen molar-refractivity contribution in [3.05, 3.63) is 11.9 Å². The zero-order chi connectivity index (χ0) is 12.8. The SMILES string of the molecule is O=C[C@H](O)[C@H](Cc1cn[nH]n1)[C@H](O)[C@H](O)CO. The molecule has 1 rings (SSSR count). The van der Waals surface area contributed by atoms with Crippen molar-refractivity contribution < 1.29 is 25.2 Å². The lowest BCUT2D eigenvalue weighted by Crippen LogP contribution is -2.43. The average Bonchev–Trinajstić information content (AvgIpc) is 2.86. The molecule has 8 heteroatoms. The second kappa shape index (κ2) is 6.40. The molecule has 5 N–H and O–H groups in total. The Morgan fingerprint density at radius 1 is 1.41 bits per heavy atom. The maximum Gasteiger partial charge on any atom is 0.148 e. The van der Waals surface area contributed by atoms with Crippen molar-refractivity contribution in [3.63, 3.8) is 0 Å². The molecule has 0 bridgehead atoms. The third kappa shape index (κ3) is 3.56. The minimum Gasteiger partial charge on any atom is -0.394 e. The first-order valence-corrected chi connectivity index (χ1v) is 5.05. The van der Waals surface area contributed by atoms with Crippen molar-refractivity contribution >= 4 is 6.29 Å². The van der Waals surface area contributed by atoms with Crippen LogP contribution < -0.4 is 0 Å². The Labute approximate surface area is 96.9 Å². The van der Waals surface area contributed by atoms with Gasteiger partial charge in [-0.05, 0) is 0 Å². The van der Waals surface area contributed by atoms with Gasteiger partial charge in [0, 0.05) is 12.3 Å². The number of nitrogens with zero attached hydrogens (tertiary/aromatic N) is 2. The quantitative estimate of drug-likeness (QED) is 0.328. The molecular formula is C9H15N3O5. The molecule has 1 heterocycles. The number of hydrogen-bond acceptors (Lipinski definition) is 7. The van der Waals surface area contributed by atoms with Crippen molar-refractivity contribution in [2.45, 2.75) is 24.7 Å². The lowest BCUT2D eigenvalue weighted by atomic mass is 9.89. The summed E-state index contributed by atoms with van der Waals surface area (Å²) in [6.45, 7) is -0.665. The van der Waals surface area contributed by atoms with E-state index in [1.807, 2.05) is 0 Å². The Morgan fingerprint density at radius 2 is 2.12 bits per heavy atom. The second-order valence-electron chi connectivity index (χ2n) is 3.70. The fourth-order valence-electron chi connectivity index (χ4n) is 1.50. The molecule has 96 valence electrons. The van der Waals surface area contributed by atoms with E-state index in [4.69, 9.17) is 5.11 Å². The van der Waals surface area contributed by atoms with E-state index in [2.05, 4.69) is 15.4 Å². The molecule has 0 amide bonds. The molecule has 0 unspecified atom stereocenters. The van der Waals surface area contributed by atoms with E-state index in [1.54, 1.807) is 0 Å². The smallest absolute Gasteiger partial charge is 0.148 e. The van der Waals surface area contributed by atoms with Gasteiger partial charge in [0.15, 0.2) is 0 Å².